The molecule has 7 nitrogen and oxygen atoms in total. The van der Waals surface area contributed by atoms with E-state index in [2.05, 4.69) is 4.98 Å². The monoisotopic (exact) mass is 336 g/mol. The third kappa shape index (κ3) is 3.95. The smallest absolute Gasteiger partial charge is 0.332 e. The van der Waals surface area contributed by atoms with Crippen LogP contribution in [0.4, 0.5) is 0 Å². The van der Waals surface area contributed by atoms with Gasteiger partial charge in [-0.25, -0.2) is 9.78 Å². The highest BCUT2D eigenvalue weighted by Crippen LogP contribution is 2.13. The molecule has 0 aliphatic rings. The highest BCUT2D eigenvalue weighted by Gasteiger charge is 2.16. The first-order valence-electron chi connectivity index (χ1n) is 8.63. The quantitative estimate of drug-likeness (QED) is 0.743. The molecular formula is C17H28N4O3. The van der Waals surface area contributed by atoms with Crippen LogP contribution in [0.15, 0.2) is 15.9 Å². The van der Waals surface area contributed by atoms with Crippen LogP contribution >= 0.6 is 0 Å². The molecule has 0 fully saturated rings. The standard InChI is InChI=1S/C17H28N4O3/c1-5-10-20-12-18-14-13(20)15(22)21(16(23)19(14)4)11-8-6-7-9-17(2,3)24/h12,24H,5-11H2,1-4H3. The molecule has 0 aromatic carbocycles. The summed E-state index contributed by atoms with van der Waals surface area (Å²) in [5, 5.41) is 9.72. The topological polar surface area (TPSA) is 82.1 Å². The van der Waals surface area contributed by atoms with Gasteiger partial charge in [0.25, 0.3) is 5.56 Å². The average molecular weight is 336 g/mol. The van der Waals surface area contributed by atoms with Gasteiger partial charge in [0.05, 0.1) is 11.9 Å². The zero-order valence-corrected chi connectivity index (χ0v) is 15.1. The molecule has 0 amide bonds. The number of fused-ring (bicyclic) bond motifs is 1. The van der Waals surface area contributed by atoms with Gasteiger partial charge >= 0.3 is 5.69 Å². The molecule has 0 saturated heterocycles. The lowest BCUT2D eigenvalue weighted by molar-refractivity contribution is 0.0679. The van der Waals surface area contributed by atoms with Crippen LogP contribution in [0.25, 0.3) is 11.2 Å². The second-order valence-corrected chi connectivity index (χ2v) is 7.03. The Morgan fingerprint density at radius 3 is 2.50 bits per heavy atom. The summed E-state index contributed by atoms with van der Waals surface area (Å²) in [5.74, 6) is 0. The van der Waals surface area contributed by atoms with E-state index >= 15 is 0 Å². The molecule has 2 rings (SSSR count). The number of aromatic nitrogens is 4. The summed E-state index contributed by atoms with van der Waals surface area (Å²) >= 11 is 0. The third-order valence-electron chi connectivity index (χ3n) is 4.24. The Balaban J connectivity index is 2.22. The van der Waals surface area contributed by atoms with Gasteiger partial charge in [0.1, 0.15) is 0 Å². The summed E-state index contributed by atoms with van der Waals surface area (Å²) < 4.78 is 4.57. The van der Waals surface area contributed by atoms with Crippen LogP contribution in [0.1, 0.15) is 52.9 Å². The molecule has 0 radical (unpaired) electrons. The van der Waals surface area contributed by atoms with Crippen molar-refractivity contribution in [1.82, 2.24) is 18.7 Å². The lowest BCUT2D eigenvalue weighted by Crippen LogP contribution is -2.39. The SMILES string of the molecule is CCCn1cnc2c1c(=O)n(CCCCCC(C)(C)O)c(=O)n2C. The van der Waals surface area contributed by atoms with E-state index in [1.807, 2.05) is 11.5 Å². The van der Waals surface area contributed by atoms with Crippen LogP contribution in [0.5, 0.6) is 0 Å². The van der Waals surface area contributed by atoms with Crippen LogP contribution in [0.2, 0.25) is 0 Å². The molecule has 2 aromatic heterocycles. The van der Waals surface area contributed by atoms with E-state index in [1.54, 1.807) is 27.2 Å². The Morgan fingerprint density at radius 1 is 1.17 bits per heavy atom. The van der Waals surface area contributed by atoms with Crippen LogP contribution in [0.3, 0.4) is 0 Å². The molecule has 7 heteroatoms. The molecule has 0 unspecified atom stereocenters. The highest BCUT2D eigenvalue weighted by molar-refractivity contribution is 5.69. The molecule has 0 bridgehead atoms. The fourth-order valence-corrected chi connectivity index (χ4v) is 2.93. The third-order valence-corrected chi connectivity index (χ3v) is 4.24. The maximum Gasteiger partial charge on any atom is 0.332 e. The van der Waals surface area contributed by atoms with Crippen molar-refractivity contribution in [2.24, 2.45) is 7.05 Å². The molecule has 24 heavy (non-hydrogen) atoms. The van der Waals surface area contributed by atoms with Crippen molar-refractivity contribution >= 4 is 11.2 Å². The predicted molar refractivity (Wildman–Crippen MR) is 94.3 cm³/mol. The molecule has 2 aromatic rings. The minimum absolute atomic E-state index is 0.262. The first kappa shape index (κ1) is 18.4. The lowest BCUT2D eigenvalue weighted by atomic mass is 10.0. The zero-order valence-electron chi connectivity index (χ0n) is 15.1. The maximum atomic E-state index is 12.7. The molecule has 0 atom stereocenters. The molecule has 0 spiro atoms. The number of nitrogens with zero attached hydrogens (tertiary/aromatic N) is 4. The zero-order chi connectivity index (χ0) is 17.9. The van der Waals surface area contributed by atoms with Crippen molar-refractivity contribution in [3.63, 3.8) is 0 Å². The van der Waals surface area contributed by atoms with Gasteiger partial charge < -0.3 is 9.67 Å². The van der Waals surface area contributed by atoms with Gasteiger partial charge in [-0.3, -0.25) is 13.9 Å². The Kier molecular flexibility index (Phi) is 5.64. The summed E-state index contributed by atoms with van der Waals surface area (Å²) in [5.41, 5.74) is -0.316. The molecule has 2 heterocycles. The summed E-state index contributed by atoms with van der Waals surface area (Å²) in [7, 11) is 1.65. The predicted octanol–water partition coefficient (Wildman–Crippen LogP) is 1.64. The second kappa shape index (κ2) is 7.34. The van der Waals surface area contributed by atoms with Crippen LogP contribution in [-0.4, -0.2) is 29.4 Å². The van der Waals surface area contributed by atoms with Gasteiger partial charge in [0.15, 0.2) is 11.2 Å². The van der Waals surface area contributed by atoms with Gasteiger partial charge in [0.2, 0.25) is 0 Å². The Hall–Kier alpha value is -1.89. The number of aliphatic hydroxyl groups is 1. The molecule has 134 valence electrons. The van der Waals surface area contributed by atoms with Crippen molar-refractivity contribution in [2.75, 3.05) is 0 Å². The van der Waals surface area contributed by atoms with Gasteiger partial charge in [-0.15, -0.1) is 0 Å². The normalized spacial score (nSPS) is 12.2. The lowest BCUT2D eigenvalue weighted by Gasteiger charge is -2.16. The summed E-state index contributed by atoms with van der Waals surface area (Å²) in [6, 6.07) is 0. The van der Waals surface area contributed by atoms with Gasteiger partial charge in [-0.05, 0) is 33.1 Å². The van der Waals surface area contributed by atoms with Crippen molar-refractivity contribution in [3.05, 3.63) is 27.2 Å². The van der Waals surface area contributed by atoms with Crippen molar-refractivity contribution in [2.45, 2.75) is 71.6 Å². The summed E-state index contributed by atoms with van der Waals surface area (Å²) in [6.07, 6.45) is 5.70. The van der Waals surface area contributed by atoms with E-state index in [4.69, 9.17) is 0 Å². The molecule has 0 aliphatic carbocycles. The molecule has 0 saturated carbocycles. The highest BCUT2D eigenvalue weighted by atomic mass is 16.3. The van der Waals surface area contributed by atoms with E-state index in [1.165, 1.54) is 9.13 Å². The van der Waals surface area contributed by atoms with Crippen LogP contribution in [-0.2, 0) is 20.1 Å². The minimum atomic E-state index is -0.668. The fraction of sp³-hybridized carbons (Fsp3) is 0.706. The van der Waals surface area contributed by atoms with Crippen molar-refractivity contribution < 1.29 is 5.11 Å². The summed E-state index contributed by atoms with van der Waals surface area (Å²) in [6.45, 7) is 6.71. The largest absolute Gasteiger partial charge is 0.390 e. The number of rotatable bonds is 8. The Morgan fingerprint density at radius 2 is 1.88 bits per heavy atom. The molecular weight excluding hydrogens is 308 g/mol. The second-order valence-electron chi connectivity index (χ2n) is 7.03. The molecule has 0 aliphatic heterocycles. The fourth-order valence-electron chi connectivity index (χ4n) is 2.93. The van der Waals surface area contributed by atoms with Gasteiger partial charge in [0, 0.05) is 20.1 Å². The van der Waals surface area contributed by atoms with Crippen LogP contribution < -0.4 is 11.2 Å². The molecule has 1 N–H and O–H groups in total. The van der Waals surface area contributed by atoms with Gasteiger partial charge in [-0.2, -0.15) is 0 Å². The first-order chi connectivity index (χ1) is 11.3. The maximum absolute atomic E-state index is 12.7. The first-order valence-corrected chi connectivity index (χ1v) is 8.63. The average Bonchev–Trinajstić information content (AvgIpc) is 2.91. The number of aryl methyl sites for hydroxylation is 2. The van der Waals surface area contributed by atoms with Crippen molar-refractivity contribution in [1.29, 1.82) is 0 Å². The van der Waals surface area contributed by atoms with Gasteiger partial charge in [-0.1, -0.05) is 19.8 Å². The summed E-state index contributed by atoms with van der Waals surface area (Å²) in [4.78, 5) is 29.4. The number of hydrogen-bond acceptors (Lipinski definition) is 4. The Bertz CT molecular complexity index is 808. The van der Waals surface area contributed by atoms with E-state index in [9.17, 15) is 14.7 Å². The number of imidazole rings is 1. The van der Waals surface area contributed by atoms with E-state index in [0.29, 0.717) is 30.7 Å². The minimum Gasteiger partial charge on any atom is -0.390 e. The van der Waals surface area contributed by atoms with Crippen molar-refractivity contribution in [3.8, 4) is 0 Å². The van der Waals surface area contributed by atoms with E-state index in [-0.39, 0.29) is 11.2 Å². The van der Waals surface area contributed by atoms with E-state index in [0.717, 1.165) is 25.7 Å². The van der Waals surface area contributed by atoms with E-state index < -0.39 is 5.60 Å². The Labute approximate surface area is 141 Å². The number of unbranched alkanes of at least 4 members (excludes halogenated alkanes) is 2. The number of hydrogen-bond donors (Lipinski definition) is 1. The van der Waals surface area contributed by atoms with Crippen LogP contribution in [0, 0.1) is 0 Å².